The van der Waals surface area contributed by atoms with Gasteiger partial charge in [-0.3, -0.25) is 0 Å². The lowest BCUT2D eigenvalue weighted by atomic mass is 9.72. The van der Waals surface area contributed by atoms with Crippen LogP contribution in [0.4, 0.5) is 0 Å². The van der Waals surface area contributed by atoms with Crippen LogP contribution in [-0.2, 0) is 9.47 Å². The van der Waals surface area contributed by atoms with Crippen molar-refractivity contribution in [2.75, 3.05) is 26.4 Å². The Labute approximate surface area is 91.6 Å². The maximum atomic E-state index is 5.60. The molecule has 4 atom stereocenters. The summed E-state index contributed by atoms with van der Waals surface area (Å²) in [5.41, 5.74) is 1.57. The van der Waals surface area contributed by atoms with Gasteiger partial charge in [0.1, 0.15) is 0 Å². The average molecular weight is 208 g/mol. The Morgan fingerprint density at radius 1 is 1.13 bits per heavy atom. The van der Waals surface area contributed by atoms with E-state index in [9.17, 15) is 0 Å². The van der Waals surface area contributed by atoms with Gasteiger partial charge in [0.2, 0.25) is 0 Å². The summed E-state index contributed by atoms with van der Waals surface area (Å²) in [5, 5.41) is 0. The van der Waals surface area contributed by atoms with Crippen LogP contribution in [0, 0.1) is 23.7 Å². The van der Waals surface area contributed by atoms with Gasteiger partial charge < -0.3 is 9.47 Å². The van der Waals surface area contributed by atoms with Gasteiger partial charge in [0, 0.05) is 12.5 Å². The van der Waals surface area contributed by atoms with Gasteiger partial charge in [-0.05, 0) is 37.5 Å². The number of hydrogen-bond acceptors (Lipinski definition) is 2. The van der Waals surface area contributed by atoms with Gasteiger partial charge in [0.05, 0.1) is 19.8 Å². The molecule has 2 heterocycles. The summed E-state index contributed by atoms with van der Waals surface area (Å²) in [6.45, 7) is 6.18. The fourth-order valence-electron chi connectivity index (χ4n) is 3.43. The Bertz CT molecular complexity index is 266. The van der Waals surface area contributed by atoms with E-state index < -0.39 is 0 Å². The van der Waals surface area contributed by atoms with Crippen LogP contribution in [0.5, 0.6) is 0 Å². The van der Waals surface area contributed by atoms with Crippen molar-refractivity contribution in [2.45, 2.75) is 19.8 Å². The fourth-order valence-corrected chi connectivity index (χ4v) is 3.43. The lowest BCUT2D eigenvalue weighted by Crippen LogP contribution is -2.26. The maximum absolute atomic E-state index is 5.60. The van der Waals surface area contributed by atoms with Crippen molar-refractivity contribution in [3.63, 3.8) is 0 Å². The van der Waals surface area contributed by atoms with Gasteiger partial charge in [-0.2, -0.15) is 0 Å². The predicted octanol–water partition coefficient (Wildman–Crippen LogP) is 2.25. The highest BCUT2D eigenvalue weighted by molar-refractivity contribution is 5.14. The van der Waals surface area contributed by atoms with Gasteiger partial charge in [-0.25, -0.2) is 0 Å². The molecule has 2 nitrogen and oxygen atoms in total. The molecule has 0 bridgehead atoms. The zero-order valence-electron chi connectivity index (χ0n) is 9.45. The highest BCUT2D eigenvalue weighted by atomic mass is 16.5. The molecule has 1 aliphatic carbocycles. The summed E-state index contributed by atoms with van der Waals surface area (Å²) < 4.78 is 11.1. The normalized spacial score (nSPS) is 45.3. The maximum Gasteiger partial charge on any atom is 0.0535 e. The summed E-state index contributed by atoms with van der Waals surface area (Å²) in [4.78, 5) is 0. The van der Waals surface area contributed by atoms with Crippen molar-refractivity contribution in [1.82, 2.24) is 0 Å². The van der Waals surface area contributed by atoms with Crippen LogP contribution in [0.3, 0.4) is 0 Å². The topological polar surface area (TPSA) is 18.5 Å². The van der Waals surface area contributed by atoms with Gasteiger partial charge in [-0.15, -0.1) is 0 Å². The molecule has 2 fully saturated rings. The summed E-state index contributed by atoms with van der Waals surface area (Å²) in [6.07, 6.45) is 5.10. The number of fused-ring (bicyclic) bond motifs is 1. The van der Waals surface area contributed by atoms with Crippen molar-refractivity contribution in [3.8, 4) is 0 Å². The molecule has 2 aliphatic heterocycles. The van der Waals surface area contributed by atoms with Gasteiger partial charge in [0.25, 0.3) is 0 Å². The van der Waals surface area contributed by atoms with E-state index in [1.54, 1.807) is 5.57 Å². The lowest BCUT2D eigenvalue weighted by Gasteiger charge is -2.31. The molecular formula is C13H20O2. The van der Waals surface area contributed by atoms with E-state index >= 15 is 0 Å². The second kappa shape index (κ2) is 3.91. The van der Waals surface area contributed by atoms with Crippen LogP contribution >= 0.6 is 0 Å². The van der Waals surface area contributed by atoms with Crippen molar-refractivity contribution < 1.29 is 9.47 Å². The molecule has 3 aliphatic rings. The molecule has 0 aromatic carbocycles. The molecule has 0 amide bonds. The van der Waals surface area contributed by atoms with Crippen molar-refractivity contribution in [2.24, 2.45) is 23.7 Å². The number of allylic oxidation sites excluding steroid dienone is 1. The molecule has 0 N–H and O–H groups in total. The van der Waals surface area contributed by atoms with Crippen LogP contribution in [0.15, 0.2) is 11.6 Å². The highest BCUT2D eigenvalue weighted by Gasteiger charge is 2.37. The molecule has 3 rings (SSSR count). The van der Waals surface area contributed by atoms with E-state index in [0.717, 1.165) is 50.1 Å². The first-order valence-electron chi connectivity index (χ1n) is 6.18. The quantitative estimate of drug-likeness (QED) is 0.615. The molecule has 0 spiro atoms. The molecule has 4 unspecified atom stereocenters. The first-order chi connectivity index (χ1) is 7.34. The first kappa shape index (κ1) is 9.86. The third-order valence-corrected chi connectivity index (χ3v) is 4.41. The Kier molecular flexibility index (Phi) is 2.57. The molecule has 0 radical (unpaired) electrons. The molecular weight excluding hydrogens is 188 g/mol. The number of rotatable bonds is 1. The molecule has 15 heavy (non-hydrogen) atoms. The van der Waals surface area contributed by atoms with Crippen LogP contribution in [0.25, 0.3) is 0 Å². The first-order valence-corrected chi connectivity index (χ1v) is 6.18. The highest BCUT2D eigenvalue weighted by Crippen LogP contribution is 2.41. The second-order valence-corrected chi connectivity index (χ2v) is 5.34. The Morgan fingerprint density at radius 3 is 2.80 bits per heavy atom. The van der Waals surface area contributed by atoms with Gasteiger partial charge >= 0.3 is 0 Å². The monoisotopic (exact) mass is 208 g/mol. The van der Waals surface area contributed by atoms with Crippen molar-refractivity contribution in [1.29, 1.82) is 0 Å². The fraction of sp³-hybridized carbons (Fsp3) is 0.846. The van der Waals surface area contributed by atoms with E-state index in [-0.39, 0.29) is 0 Å². The minimum absolute atomic E-state index is 0.726. The minimum atomic E-state index is 0.726. The minimum Gasteiger partial charge on any atom is -0.381 e. The zero-order valence-corrected chi connectivity index (χ0v) is 9.45. The number of ether oxygens (including phenoxy) is 2. The molecule has 84 valence electrons. The van der Waals surface area contributed by atoms with Crippen molar-refractivity contribution >= 4 is 0 Å². The van der Waals surface area contributed by atoms with Crippen molar-refractivity contribution in [3.05, 3.63) is 11.6 Å². The van der Waals surface area contributed by atoms with E-state index in [2.05, 4.69) is 13.0 Å². The summed E-state index contributed by atoms with van der Waals surface area (Å²) in [6, 6.07) is 0. The molecule has 0 saturated carbocycles. The SMILES string of the molecule is CC1=CC(C2CCOC2)CC2COCC12. The van der Waals surface area contributed by atoms with Gasteiger partial charge in [0.15, 0.2) is 0 Å². The number of hydrogen-bond donors (Lipinski definition) is 0. The van der Waals surface area contributed by atoms with Crippen LogP contribution < -0.4 is 0 Å². The Balaban J connectivity index is 1.75. The Hall–Kier alpha value is -0.340. The standard InChI is InChI=1S/C13H20O2/c1-9-4-11(10-2-3-14-6-10)5-12-7-15-8-13(9)12/h4,10-13H,2-3,5-8H2,1H3. The summed E-state index contributed by atoms with van der Waals surface area (Å²) in [5.74, 6) is 3.06. The van der Waals surface area contributed by atoms with Gasteiger partial charge in [-0.1, -0.05) is 11.6 Å². The molecule has 2 saturated heterocycles. The average Bonchev–Trinajstić information content (AvgIpc) is 2.88. The molecule has 0 aromatic rings. The van der Waals surface area contributed by atoms with E-state index in [0.29, 0.717) is 0 Å². The summed E-state index contributed by atoms with van der Waals surface area (Å²) in [7, 11) is 0. The smallest absolute Gasteiger partial charge is 0.0535 e. The van der Waals surface area contributed by atoms with Crippen LogP contribution in [0.1, 0.15) is 19.8 Å². The summed E-state index contributed by atoms with van der Waals surface area (Å²) >= 11 is 0. The Morgan fingerprint density at radius 2 is 2.00 bits per heavy atom. The van der Waals surface area contributed by atoms with Crippen LogP contribution in [-0.4, -0.2) is 26.4 Å². The molecule has 0 aromatic heterocycles. The predicted molar refractivity (Wildman–Crippen MR) is 58.6 cm³/mol. The zero-order chi connectivity index (χ0) is 10.3. The second-order valence-electron chi connectivity index (χ2n) is 5.34. The third-order valence-electron chi connectivity index (χ3n) is 4.41. The third kappa shape index (κ3) is 1.74. The van der Waals surface area contributed by atoms with Crippen LogP contribution in [0.2, 0.25) is 0 Å². The van der Waals surface area contributed by atoms with E-state index in [1.165, 1.54) is 12.8 Å². The lowest BCUT2D eigenvalue weighted by molar-refractivity contribution is 0.163. The van der Waals surface area contributed by atoms with E-state index in [1.807, 2.05) is 0 Å². The molecule has 2 heteroatoms. The largest absolute Gasteiger partial charge is 0.381 e. The van der Waals surface area contributed by atoms with E-state index in [4.69, 9.17) is 9.47 Å².